The first kappa shape index (κ1) is 20.7. The summed E-state index contributed by atoms with van der Waals surface area (Å²) in [5.41, 5.74) is 6.22. The van der Waals surface area contributed by atoms with Crippen molar-refractivity contribution in [3.63, 3.8) is 0 Å². The van der Waals surface area contributed by atoms with Crippen LogP contribution < -0.4 is 16.0 Å². The van der Waals surface area contributed by atoms with E-state index < -0.39 is 0 Å². The van der Waals surface area contributed by atoms with Crippen molar-refractivity contribution >= 4 is 41.5 Å². The fourth-order valence-electron chi connectivity index (χ4n) is 2.88. The minimum Gasteiger partial charge on any atom is -0.349 e. The van der Waals surface area contributed by atoms with E-state index in [1.54, 1.807) is 29.2 Å². The molecule has 1 atom stereocenters. The summed E-state index contributed by atoms with van der Waals surface area (Å²) in [6.07, 6.45) is 1.77. The van der Waals surface area contributed by atoms with Gasteiger partial charge >= 0.3 is 0 Å². The van der Waals surface area contributed by atoms with Crippen molar-refractivity contribution in [3.05, 3.63) is 29.3 Å². The third kappa shape index (κ3) is 4.41. The minimum absolute atomic E-state index is 0. The Balaban J connectivity index is 0.00000288. The molecular formula is C17H25Cl2N3O2. The van der Waals surface area contributed by atoms with Gasteiger partial charge in [0, 0.05) is 30.2 Å². The zero-order chi connectivity index (χ0) is 17.0. The average molecular weight is 374 g/mol. The molecule has 1 aliphatic heterocycles. The van der Waals surface area contributed by atoms with Crippen LogP contribution in [0.5, 0.6) is 0 Å². The van der Waals surface area contributed by atoms with E-state index in [1.807, 2.05) is 13.8 Å². The van der Waals surface area contributed by atoms with Gasteiger partial charge in [-0.25, -0.2) is 0 Å². The average Bonchev–Trinajstić information content (AvgIpc) is 2.95. The normalized spacial score (nSPS) is 17.6. The van der Waals surface area contributed by atoms with Gasteiger partial charge in [-0.15, -0.1) is 12.4 Å². The van der Waals surface area contributed by atoms with Gasteiger partial charge in [0.25, 0.3) is 0 Å². The summed E-state index contributed by atoms with van der Waals surface area (Å²) in [6, 6.07) is 7.07. The zero-order valence-electron chi connectivity index (χ0n) is 14.0. The maximum absolute atomic E-state index is 12.5. The molecule has 7 heteroatoms. The molecule has 0 saturated carbocycles. The molecule has 0 spiro atoms. The lowest BCUT2D eigenvalue weighted by Gasteiger charge is -2.32. The van der Waals surface area contributed by atoms with Crippen molar-refractivity contribution in [2.45, 2.75) is 38.6 Å². The number of hydrogen-bond acceptors (Lipinski definition) is 3. The number of rotatable bonds is 6. The molecular weight excluding hydrogens is 349 g/mol. The summed E-state index contributed by atoms with van der Waals surface area (Å²) in [5.74, 6) is -0.481. The smallest absolute Gasteiger partial charge is 0.227 e. The van der Waals surface area contributed by atoms with Crippen molar-refractivity contribution in [1.82, 2.24) is 5.32 Å². The van der Waals surface area contributed by atoms with Crippen LogP contribution in [0.4, 0.5) is 5.69 Å². The summed E-state index contributed by atoms with van der Waals surface area (Å²) in [5, 5.41) is 3.68. The molecule has 1 aromatic rings. The van der Waals surface area contributed by atoms with Crippen LogP contribution in [-0.4, -0.2) is 30.4 Å². The Morgan fingerprint density at radius 1 is 1.33 bits per heavy atom. The lowest BCUT2D eigenvalue weighted by Crippen LogP contribution is -2.54. The summed E-state index contributed by atoms with van der Waals surface area (Å²) < 4.78 is 0. The van der Waals surface area contributed by atoms with Crippen LogP contribution in [-0.2, 0) is 9.59 Å². The van der Waals surface area contributed by atoms with Crippen LogP contribution in [0.3, 0.4) is 0 Å². The van der Waals surface area contributed by atoms with E-state index in [9.17, 15) is 9.59 Å². The maximum Gasteiger partial charge on any atom is 0.227 e. The molecule has 0 radical (unpaired) electrons. The standard InChI is InChI=1S/C17H24ClN3O2.ClH/c1-3-17(4-2,11-19)20-16(23)12-9-15(22)21(10-12)14-7-5-13(18)6-8-14;/h5-8,12H,3-4,9-11,19H2,1-2H3,(H,20,23);1H. The number of nitrogens with one attached hydrogen (secondary N) is 1. The first-order valence-electron chi connectivity index (χ1n) is 8.02. The molecule has 3 N–H and O–H groups in total. The van der Waals surface area contributed by atoms with E-state index >= 15 is 0 Å². The molecule has 1 saturated heterocycles. The van der Waals surface area contributed by atoms with Crippen molar-refractivity contribution in [2.24, 2.45) is 11.7 Å². The highest BCUT2D eigenvalue weighted by atomic mass is 35.5. The van der Waals surface area contributed by atoms with Crippen LogP contribution in [0.1, 0.15) is 33.1 Å². The molecule has 1 aliphatic rings. The lowest BCUT2D eigenvalue weighted by atomic mass is 9.91. The Hall–Kier alpha value is -1.30. The van der Waals surface area contributed by atoms with Crippen LogP contribution in [0, 0.1) is 5.92 Å². The molecule has 1 unspecified atom stereocenters. The Kier molecular flexibility index (Phi) is 7.52. The molecule has 1 heterocycles. The fourth-order valence-corrected chi connectivity index (χ4v) is 3.01. The summed E-state index contributed by atoms with van der Waals surface area (Å²) in [6.45, 7) is 4.81. The highest BCUT2D eigenvalue weighted by Gasteiger charge is 2.37. The van der Waals surface area contributed by atoms with Crippen LogP contribution in [0.15, 0.2) is 24.3 Å². The van der Waals surface area contributed by atoms with Gasteiger partial charge in [-0.05, 0) is 37.1 Å². The number of carbonyl (C=O) groups is 2. The molecule has 134 valence electrons. The first-order valence-corrected chi connectivity index (χ1v) is 8.40. The lowest BCUT2D eigenvalue weighted by molar-refractivity contribution is -0.128. The topological polar surface area (TPSA) is 75.4 Å². The molecule has 1 fully saturated rings. The number of carbonyl (C=O) groups excluding carboxylic acids is 2. The summed E-state index contributed by atoms with van der Waals surface area (Å²) in [7, 11) is 0. The number of hydrogen-bond donors (Lipinski definition) is 2. The van der Waals surface area contributed by atoms with E-state index in [0.29, 0.717) is 18.1 Å². The second-order valence-electron chi connectivity index (χ2n) is 6.06. The third-order valence-corrected chi connectivity index (χ3v) is 5.02. The predicted octanol–water partition coefficient (Wildman–Crippen LogP) is 2.75. The molecule has 2 rings (SSSR count). The van der Waals surface area contributed by atoms with Gasteiger partial charge < -0.3 is 16.0 Å². The van der Waals surface area contributed by atoms with Gasteiger partial charge in [0.15, 0.2) is 0 Å². The number of benzene rings is 1. The van der Waals surface area contributed by atoms with Gasteiger partial charge in [-0.3, -0.25) is 9.59 Å². The largest absolute Gasteiger partial charge is 0.349 e. The first-order chi connectivity index (χ1) is 10.9. The van der Waals surface area contributed by atoms with E-state index in [4.69, 9.17) is 17.3 Å². The van der Waals surface area contributed by atoms with Gasteiger partial charge in [-0.1, -0.05) is 25.4 Å². The Labute approximate surface area is 154 Å². The van der Waals surface area contributed by atoms with Gasteiger partial charge in [0.1, 0.15) is 0 Å². The molecule has 24 heavy (non-hydrogen) atoms. The van der Waals surface area contributed by atoms with E-state index in [0.717, 1.165) is 18.5 Å². The Bertz CT molecular complexity index is 565. The van der Waals surface area contributed by atoms with E-state index in [1.165, 1.54) is 0 Å². The quantitative estimate of drug-likeness (QED) is 0.804. The fraction of sp³-hybridized carbons (Fsp3) is 0.529. The highest BCUT2D eigenvalue weighted by Crippen LogP contribution is 2.27. The third-order valence-electron chi connectivity index (χ3n) is 4.77. The molecule has 1 aromatic carbocycles. The van der Waals surface area contributed by atoms with Crippen LogP contribution in [0.25, 0.3) is 0 Å². The number of nitrogens with zero attached hydrogens (tertiary/aromatic N) is 1. The Morgan fingerprint density at radius 2 is 1.92 bits per heavy atom. The number of amides is 2. The van der Waals surface area contributed by atoms with Crippen LogP contribution >= 0.6 is 24.0 Å². The van der Waals surface area contributed by atoms with Crippen molar-refractivity contribution in [1.29, 1.82) is 0 Å². The van der Waals surface area contributed by atoms with Crippen molar-refractivity contribution < 1.29 is 9.59 Å². The molecule has 5 nitrogen and oxygen atoms in total. The monoisotopic (exact) mass is 373 g/mol. The predicted molar refractivity (Wildman–Crippen MR) is 99.7 cm³/mol. The molecule has 0 bridgehead atoms. The van der Waals surface area contributed by atoms with Gasteiger partial charge in [-0.2, -0.15) is 0 Å². The molecule has 0 aromatic heterocycles. The minimum atomic E-state index is -0.381. The second-order valence-corrected chi connectivity index (χ2v) is 6.50. The number of nitrogens with two attached hydrogens (primary N) is 1. The summed E-state index contributed by atoms with van der Waals surface area (Å²) >= 11 is 5.87. The van der Waals surface area contributed by atoms with Gasteiger partial charge in [0.2, 0.25) is 11.8 Å². The molecule has 0 aliphatic carbocycles. The number of halogens is 2. The van der Waals surface area contributed by atoms with E-state index in [-0.39, 0.29) is 42.1 Å². The SMILES string of the molecule is CCC(CC)(CN)NC(=O)C1CC(=O)N(c2ccc(Cl)cc2)C1.Cl. The van der Waals surface area contributed by atoms with Crippen molar-refractivity contribution in [2.75, 3.05) is 18.0 Å². The zero-order valence-corrected chi connectivity index (χ0v) is 15.6. The second kappa shape index (κ2) is 8.70. The van der Waals surface area contributed by atoms with Gasteiger partial charge in [0.05, 0.1) is 11.5 Å². The highest BCUT2D eigenvalue weighted by molar-refractivity contribution is 6.30. The van der Waals surface area contributed by atoms with Crippen LogP contribution in [0.2, 0.25) is 5.02 Å². The maximum atomic E-state index is 12.5. The van der Waals surface area contributed by atoms with Crippen molar-refractivity contribution in [3.8, 4) is 0 Å². The van der Waals surface area contributed by atoms with E-state index in [2.05, 4.69) is 5.32 Å². The molecule has 2 amide bonds. The Morgan fingerprint density at radius 3 is 2.42 bits per heavy atom. The summed E-state index contributed by atoms with van der Waals surface area (Å²) in [4.78, 5) is 26.4. The number of anilines is 1.